The lowest BCUT2D eigenvalue weighted by atomic mass is 9.66. The van der Waals surface area contributed by atoms with Crippen LogP contribution in [-0.2, 0) is 29.2 Å². The molecule has 8 nitrogen and oxygen atoms in total. The Morgan fingerprint density at radius 1 is 0.809 bits per heavy atom. The first-order valence-electron chi connectivity index (χ1n) is 15.4. The summed E-state index contributed by atoms with van der Waals surface area (Å²) in [7, 11) is 0. The molecule has 2 rings (SSSR count). The van der Waals surface area contributed by atoms with E-state index in [4.69, 9.17) is 18.9 Å². The van der Waals surface area contributed by atoms with Gasteiger partial charge in [-0.3, -0.25) is 0 Å². The lowest BCUT2D eigenvalue weighted by Gasteiger charge is -2.37. The van der Waals surface area contributed by atoms with Crippen LogP contribution in [-0.4, -0.2) is 60.8 Å². The van der Waals surface area contributed by atoms with E-state index in [2.05, 4.69) is 38.4 Å². The molecule has 2 aromatic carbocycles. The number of aliphatic hydroxyl groups is 2. The topological polar surface area (TPSA) is 112 Å². The van der Waals surface area contributed by atoms with Crippen molar-refractivity contribution in [3.8, 4) is 5.75 Å². The third kappa shape index (κ3) is 12.8. The number of esters is 2. The second kappa shape index (κ2) is 21.0. The third-order valence-corrected chi connectivity index (χ3v) is 7.11. The van der Waals surface area contributed by atoms with Crippen LogP contribution in [0.25, 0.3) is 0 Å². The van der Waals surface area contributed by atoms with E-state index in [1.54, 1.807) is 12.2 Å². The van der Waals surface area contributed by atoms with E-state index in [-0.39, 0.29) is 26.4 Å². The maximum absolute atomic E-state index is 11.3. The molecule has 0 radical (unpaired) electrons. The maximum atomic E-state index is 11.3. The average Bonchev–Trinajstić information content (AvgIpc) is 3.10. The van der Waals surface area contributed by atoms with Gasteiger partial charge in [-0.15, -0.1) is 0 Å². The van der Waals surface area contributed by atoms with Crippen LogP contribution in [0.2, 0.25) is 0 Å². The average molecular weight is 643 g/mol. The fourth-order valence-electron chi connectivity index (χ4n) is 4.80. The number of aliphatic hydroxyl groups excluding tert-OH is 2. The quantitative estimate of drug-likeness (QED) is 0.0650. The molecule has 3 atom stereocenters. The van der Waals surface area contributed by atoms with Gasteiger partial charge < -0.3 is 29.2 Å². The van der Waals surface area contributed by atoms with Gasteiger partial charge in [0.05, 0.1) is 5.76 Å². The van der Waals surface area contributed by atoms with Crippen LogP contribution < -0.4 is 4.74 Å². The minimum Gasteiger partial charge on any atom is -0.495 e. The van der Waals surface area contributed by atoms with Gasteiger partial charge in [0.15, 0.2) is 0 Å². The van der Waals surface area contributed by atoms with Crippen molar-refractivity contribution in [3.05, 3.63) is 152 Å². The van der Waals surface area contributed by atoms with Crippen molar-refractivity contribution < 1.29 is 38.7 Å². The molecule has 3 unspecified atom stereocenters. The minimum absolute atomic E-state index is 0.0560. The van der Waals surface area contributed by atoms with Gasteiger partial charge >= 0.3 is 11.9 Å². The van der Waals surface area contributed by atoms with Gasteiger partial charge in [0.25, 0.3) is 0 Å². The summed E-state index contributed by atoms with van der Waals surface area (Å²) in [4.78, 5) is 22.6. The summed E-state index contributed by atoms with van der Waals surface area (Å²) < 4.78 is 21.4. The number of ether oxygens (including phenoxy) is 4. The van der Waals surface area contributed by atoms with E-state index in [1.165, 1.54) is 0 Å². The largest absolute Gasteiger partial charge is 0.495 e. The van der Waals surface area contributed by atoms with E-state index >= 15 is 0 Å². The second-order valence-electron chi connectivity index (χ2n) is 10.5. The first-order chi connectivity index (χ1) is 22.7. The number of benzene rings is 2. The number of hydrogen-bond donors (Lipinski definition) is 2. The molecule has 0 aromatic heterocycles. The number of carbonyl (C=O) groups is 2. The van der Waals surface area contributed by atoms with Gasteiger partial charge in [-0.1, -0.05) is 99.2 Å². The van der Waals surface area contributed by atoms with E-state index in [0.29, 0.717) is 30.8 Å². The summed E-state index contributed by atoms with van der Waals surface area (Å²) in [5.41, 5.74) is 2.29. The molecular weight excluding hydrogens is 596 g/mol. The molecule has 250 valence electrons. The highest BCUT2D eigenvalue weighted by molar-refractivity contribution is 5.81. The summed E-state index contributed by atoms with van der Waals surface area (Å²) in [5, 5.41) is 20.4. The maximum Gasteiger partial charge on any atom is 0.330 e. The fraction of sp³-hybridized carbons (Fsp3) is 0.282. The van der Waals surface area contributed by atoms with Crippen LogP contribution in [0.1, 0.15) is 37.3 Å². The first-order valence-corrected chi connectivity index (χ1v) is 15.4. The van der Waals surface area contributed by atoms with Crippen LogP contribution in [0.15, 0.2) is 141 Å². The van der Waals surface area contributed by atoms with Crippen LogP contribution in [0.3, 0.4) is 0 Å². The molecule has 0 aliphatic rings. The zero-order valence-corrected chi connectivity index (χ0v) is 27.1. The Morgan fingerprint density at radius 3 is 1.96 bits per heavy atom. The predicted octanol–water partition coefficient (Wildman–Crippen LogP) is 6.48. The highest BCUT2D eigenvalue weighted by atomic mass is 16.6. The number of rotatable bonds is 22. The zero-order valence-electron chi connectivity index (χ0n) is 27.1. The van der Waals surface area contributed by atoms with E-state index in [0.717, 1.165) is 28.9 Å². The lowest BCUT2D eigenvalue weighted by Crippen LogP contribution is -2.30. The SMILES string of the molecule is C=C/C=C(\CCCC(C(=C)/C=C\C=C/C)(c1ccccc1)c1ccc(OCC(O)COC(=O)C=C)cc1)OCC(O)COC(=O)C=C. The molecule has 0 heterocycles. The highest BCUT2D eigenvalue weighted by Crippen LogP contribution is 2.44. The normalized spacial score (nSPS) is 14.1. The van der Waals surface area contributed by atoms with Gasteiger partial charge in [-0.05, 0) is 54.7 Å². The lowest BCUT2D eigenvalue weighted by molar-refractivity contribution is -0.142. The Bertz CT molecular complexity index is 1400. The number of hydrogen-bond acceptors (Lipinski definition) is 8. The summed E-state index contributed by atoms with van der Waals surface area (Å²) in [6, 6.07) is 17.8. The molecular formula is C39H46O8. The smallest absolute Gasteiger partial charge is 0.330 e. The van der Waals surface area contributed by atoms with Crippen LogP contribution >= 0.6 is 0 Å². The summed E-state index contributed by atoms with van der Waals surface area (Å²) in [6.07, 6.45) is 13.2. The van der Waals surface area contributed by atoms with E-state index in [1.807, 2.05) is 73.7 Å². The molecule has 0 spiro atoms. The third-order valence-electron chi connectivity index (χ3n) is 7.11. The fourth-order valence-corrected chi connectivity index (χ4v) is 4.80. The second-order valence-corrected chi connectivity index (χ2v) is 10.5. The molecule has 0 bridgehead atoms. The van der Waals surface area contributed by atoms with Crippen LogP contribution in [0.5, 0.6) is 5.75 Å². The Labute approximate surface area is 278 Å². The molecule has 0 saturated carbocycles. The van der Waals surface area contributed by atoms with Gasteiger partial charge in [-0.25, -0.2) is 9.59 Å². The first kappa shape index (κ1) is 38.3. The van der Waals surface area contributed by atoms with Crippen molar-refractivity contribution in [1.82, 2.24) is 0 Å². The Balaban J connectivity index is 2.33. The molecule has 0 aliphatic heterocycles. The molecule has 0 amide bonds. The number of carbonyl (C=O) groups excluding carboxylic acids is 2. The monoisotopic (exact) mass is 642 g/mol. The van der Waals surface area contributed by atoms with Crippen molar-refractivity contribution in [1.29, 1.82) is 0 Å². The predicted molar refractivity (Wildman–Crippen MR) is 185 cm³/mol. The van der Waals surface area contributed by atoms with Crippen molar-refractivity contribution in [3.63, 3.8) is 0 Å². The minimum atomic E-state index is -1.00. The molecule has 47 heavy (non-hydrogen) atoms. The van der Waals surface area contributed by atoms with Gasteiger partial charge in [-0.2, -0.15) is 0 Å². The van der Waals surface area contributed by atoms with Gasteiger partial charge in [0.1, 0.15) is 44.4 Å². The summed E-state index contributed by atoms with van der Waals surface area (Å²) in [6.45, 7) is 16.4. The summed E-state index contributed by atoms with van der Waals surface area (Å²) in [5.74, 6) is -0.0539. The van der Waals surface area contributed by atoms with Crippen molar-refractivity contribution >= 4 is 11.9 Å². The van der Waals surface area contributed by atoms with Crippen molar-refractivity contribution in [2.45, 2.75) is 43.8 Å². The molecule has 0 aliphatic carbocycles. The highest BCUT2D eigenvalue weighted by Gasteiger charge is 2.36. The van der Waals surface area contributed by atoms with Crippen molar-refractivity contribution in [2.24, 2.45) is 0 Å². The van der Waals surface area contributed by atoms with Gasteiger partial charge in [0.2, 0.25) is 0 Å². The van der Waals surface area contributed by atoms with E-state index in [9.17, 15) is 19.8 Å². The van der Waals surface area contributed by atoms with Crippen molar-refractivity contribution in [2.75, 3.05) is 26.4 Å². The summed E-state index contributed by atoms with van der Waals surface area (Å²) >= 11 is 0. The molecule has 2 N–H and O–H groups in total. The molecule has 0 saturated heterocycles. The van der Waals surface area contributed by atoms with E-state index < -0.39 is 29.6 Å². The zero-order chi connectivity index (χ0) is 34.5. The molecule has 8 heteroatoms. The Kier molecular flexibility index (Phi) is 17.1. The standard InChI is InChI=1S/C39H46O8/c1-6-10-12-17-30(5)39(31-18-13-11-14-19-31,25-15-20-35(16-7-2)44-26-33(40)28-46-37(42)8-3)32-21-23-36(24-22-32)45-27-34(41)29-47-38(43)9-4/h6-14,16-19,21-24,33-34,40-41H,2-5,15,20,25-29H2,1H3/b10-6-,17-12-,35-16+. The Hall–Kier alpha value is -4.92. The van der Waals surface area contributed by atoms with Crippen LogP contribution in [0, 0.1) is 0 Å². The van der Waals surface area contributed by atoms with Gasteiger partial charge in [0, 0.05) is 24.0 Å². The van der Waals surface area contributed by atoms with Crippen LogP contribution in [0.4, 0.5) is 0 Å². The molecule has 0 fully saturated rings. The Morgan fingerprint density at radius 2 is 1.38 bits per heavy atom. The number of allylic oxidation sites excluding steroid dienone is 8. The molecule has 2 aromatic rings.